The van der Waals surface area contributed by atoms with Crippen LogP contribution in [0, 0.1) is 11.8 Å². The molecule has 1 saturated heterocycles. The van der Waals surface area contributed by atoms with E-state index in [4.69, 9.17) is 5.73 Å². The van der Waals surface area contributed by atoms with Crippen LogP contribution in [0.15, 0.2) is 54.9 Å². The third kappa shape index (κ3) is 7.12. The lowest BCUT2D eigenvalue weighted by atomic mass is 9.82. The van der Waals surface area contributed by atoms with E-state index in [0.29, 0.717) is 36.9 Å². The summed E-state index contributed by atoms with van der Waals surface area (Å²) in [7, 11) is 0. The van der Waals surface area contributed by atoms with Gasteiger partial charge in [-0.3, -0.25) is 14.6 Å². The number of benzene rings is 1. The predicted octanol–water partition coefficient (Wildman–Crippen LogP) is 2.77. The SMILES string of the molecule is NCC1CCC(CNC(=O)[C@H]2CC(NCCc3ccccc3)CCN2C(=O)c2cccnc2)CC1. The molecule has 0 spiro atoms. The summed E-state index contributed by atoms with van der Waals surface area (Å²) in [6, 6.07) is 13.7. The first kappa shape index (κ1) is 25.3. The van der Waals surface area contributed by atoms with Gasteiger partial charge in [-0.1, -0.05) is 30.3 Å². The Balaban J connectivity index is 1.36. The topological polar surface area (TPSA) is 100 Å². The third-order valence-electron chi connectivity index (χ3n) is 7.63. The van der Waals surface area contributed by atoms with Gasteiger partial charge in [0.05, 0.1) is 5.56 Å². The molecule has 2 amide bonds. The van der Waals surface area contributed by atoms with Crippen LogP contribution in [0.25, 0.3) is 0 Å². The maximum absolute atomic E-state index is 13.4. The van der Waals surface area contributed by atoms with Gasteiger partial charge in [0.1, 0.15) is 6.04 Å². The highest BCUT2D eigenvalue weighted by Gasteiger charge is 2.36. The van der Waals surface area contributed by atoms with Crippen LogP contribution < -0.4 is 16.4 Å². The Hall–Kier alpha value is -2.77. The zero-order valence-electron chi connectivity index (χ0n) is 20.6. The van der Waals surface area contributed by atoms with Gasteiger partial charge >= 0.3 is 0 Å². The lowest BCUT2D eigenvalue weighted by molar-refractivity contribution is -0.127. The van der Waals surface area contributed by atoms with Crippen LogP contribution in [-0.4, -0.2) is 60.0 Å². The fourth-order valence-corrected chi connectivity index (χ4v) is 5.40. The molecule has 0 bridgehead atoms. The van der Waals surface area contributed by atoms with Gasteiger partial charge in [0.15, 0.2) is 0 Å². The van der Waals surface area contributed by atoms with E-state index in [1.165, 1.54) is 5.56 Å². The summed E-state index contributed by atoms with van der Waals surface area (Å²) in [5.41, 5.74) is 7.65. The minimum absolute atomic E-state index is 0.0438. The quantitative estimate of drug-likeness (QED) is 0.516. The van der Waals surface area contributed by atoms with Crippen LogP contribution in [0.4, 0.5) is 0 Å². The third-order valence-corrected chi connectivity index (χ3v) is 7.63. The molecular formula is C28H39N5O2. The minimum Gasteiger partial charge on any atom is -0.354 e. The van der Waals surface area contributed by atoms with Gasteiger partial charge in [-0.05, 0) is 87.6 Å². The Morgan fingerprint density at radius 2 is 1.77 bits per heavy atom. The van der Waals surface area contributed by atoms with E-state index in [2.05, 4.69) is 39.9 Å². The van der Waals surface area contributed by atoms with Crippen molar-refractivity contribution >= 4 is 11.8 Å². The maximum Gasteiger partial charge on any atom is 0.256 e. The number of likely N-dealkylation sites (tertiary alicyclic amines) is 1. The first-order chi connectivity index (χ1) is 17.1. The van der Waals surface area contributed by atoms with Gasteiger partial charge in [0, 0.05) is 31.5 Å². The molecule has 7 heteroatoms. The Morgan fingerprint density at radius 1 is 1.00 bits per heavy atom. The fourth-order valence-electron chi connectivity index (χ4n) is 5.40. The second kappa shape index (κ2) is 12.8. The van der Waals surface area contributed by atoms with Crippen LogP contribution in [0.5, 0.6) is 0 Å². The van der Waals surface area contributed by atoms with Gasteiger partial charge in [0.2, 0.25) is 5.91 Å². The standard InChI is InChI=1S/C28H39N5O2/c29-18-22-8-10-23(11-9-22)19-32-27(34)26-17-25(31-15-12-21-5-2-1-3-6-21)13-16-33(26)28(35)24-7-4-14-30-20-24/h1-7,14,20,22-23,25-26,31H,8-13,15-19,29H2,(H,32,34)/t22?,23?,25?,26-/m1/s1. The number of nitrogens with two attached hydrogens (primary N) is 1. The molecule has 4 rings (SSSR count). The molecule has 1 unspecified atom stereocenters. The number of nitrogens with zero attached hydrogens (tertiary/aromatic N) is 2. The van der Waals surface area contributed by atoms with Gasteiger partial charge in [-0.25, -0.2) is 0 Å². The summed E-state index contributed by atoms with van der Waals surface area (Å²) < 4.78 is 0. The molecule has 188 valence electrons. The van der Waals surface area contributed by atoms with Crippen molar-refractivity contribution in [1.82, 2.24) is 20.5 Å². The summed E-state index contributed by atoms with van der Waals surface area (Å²) in [6.07, 6.45) is 10.1. The highest BCUT2D eigenvalue weighted by atomic mass is 16.2. The van der Waals surface area contributed by atoms with Crippen molar-refractivity contribution in [1.29, 1.82) is 0 Å². The number of aromatic nitrogens is 1. The lowest BCUT2D eigenvalue weighted by Crippen LogP contribution is -2.57. The molecule has 1 aliphatic heterocycles. The van der Waals surface area contributed by atoms with Gasteiger partial charge in [0.25, 0.3) is 5.91 Å². The molecule has 0 radical (unpaired) electrons. The normalized spacial score (nSPS) is 24.7. The number of amides is 2. The number of nitrogens with one attached hydrogen (secondary N) is 2. The van der Waals surface area contributed by atoms with Gasteiger partial charge < -0.3 is 21.3 Å². The molecular weight excluding hydrogens is 438 g/mol. The number of piperidine rings is 1. The highest BCUT2D eigenvalue weighted by Crippen LogP contribution is 2.28. The fraction of sp³-hybridized carbons (Fsp3) is 0.536. The number of rotatable bonds is 9. The summed E-state index contributed by atoms with van der Waals surface area (Å²) in [5, 5.41) is 6.82. The summed E-state index contributed by atoms with van der Waals surface area (Å²) in [6.45, 7) is 2.83. The second-order valence-corrected chi connectivity index (χ2v) is 10.0. The van der Waals surface area contributed by atoms with E-state index in [-0.39, 0.29) is 17.9 Å². The van der Waals surface area contributed by atoms with Crippen molar-refractivity contribution in [3.05, 3.63) is 66.0 Å². The van der Waals surface area contributed by atoms with E-state index >= 15 is 0 Å². The average Bonchev–Trinajstić information content (AvgIpc) is 2.92. The van der Waals surface area contributed by atoms with Crippen molar-refractivity contribution < 1.29 is 9.59 Å². The predicted molar refractivity (Wildman–Crippen MR) is 138 cm³/mol. The van der Waals surface area contributed by atoms with Crippen molar-refractivity contribution in [3.63, 3.8) is 0 Å². The van der Waals surface area contributed by atoms with E-state index in [9.17, 15) is 9.59 Å². The summed E-state index contributed by atoms with van der Waals surface area (Å²) >= 11 is 0. The molecule has 4 N–H and O–H groups in total. The summed E-state index contributed by atoms with van der Waals surface area (Å²) in [4.78, 5) is 32.5. The zero-order valence-corrected chi connectivity index (χ0v) is 20.6. The largest absolute Gasteiger partial charge is 0.354 e. The number of pyridine rings is 1. The first-order valence-corrected chi connectivity index (χ1v) is 13.1. The minimum atomic E-state index is -0.480. The maximum atomic E-state index is 13.4. The van der Waals surface area contributed by atoms with Gasteiger partial charge in [-0.2, -0.15) is 0 Å². The van der Waals surface area contributed by atoms with Gasteiger partial charge in [-0.15, -0.1) is 0 Å². The van der Waals surface area contributed by atoms with Crippen LogP contribution in [0.2, 0.25) is 0 Å². The monoisotopic (exact) mass is 477 g/mol. The number of carbonyl (C=O) groups is 2. The van der Waals surface area contributed by atoms with Crippen molar-refractivity contribution in [2.45, 2.75) is 57.0 Å². The van der Waals surface area contributed by atoms with Crippen molar-refractivity contribution in [2.24, 2.45) is 17.6 Å². The molecule has 2 fully saturated rings. The Kier molecular flexibility index (Phi) is 9.26. The van der Waals surface area contributed by atoms with E-state index in [0.717, 1.165) is 51.6 Å². The second-order valence-electron chi connectivity index (χ2n) is 10.0. The van der Waals surface area contributed by atoms with Crippen LogP contribution in [-0.2, 0) is 11.2 Å². The number of hydrogen-bond donors (Lipinski definition) is 3. The van der Waals surface area contributed by atoms with E-state index in [1.54, 1.807) is 29.4 Å². The molecule has 2 heterocycles. The van der Waals surface area contributed by atoms with Crippen LogP contribution >= 0.6 is 0 Å². The number of hydrogen-bond acceptors (Lipinski definition) is 5. The molecule has 2 aliphatic rings. The van der Waals surface area contributed by atoms with Crippen LogP contribution in [0.3, 0.4) is 0 Å². The molecule has 1 aromatic heterocycles. The Labute approximate surface area is 208 Å². The van der Waals surface area contributed by atoms with E-state index < -0.39 is 6.04 Å². The lowest BCUT2D eigenvalue weighted by Gasteiger charge is -2.39. The highest BCUT2D eigenvalue weighted by molar-refractivity contribution is 5.97. The zero-order chi connectivity index (χ0) is 24.5. The molecule has 2 aromatic rings. The Morgan fingerprint density at radius 3 is 2.49 bits per heavy atom. The smallest absolute Gasteiger partial charge is 0.256 e. The molecule has 2 atom stereocenters. The van der Waals surface area contributed by atoms with Crippen LogP contribution in [0.1, 0.15) is 54.4 Å². The molecule has 1 saturated carbocycles. The molecule has 1 aliphatic carbocycles. The summed E-state index contributed by atoms with van der Waals surface area (Å²) in [5.74, 6) is 0.949. The Bertz CT molecular complexity index is 931. The average molecular weight is 478 g/mol. The molecule has 1 aromatic carbocycles. The molecule has 35 heavy (non-hydrogen) atoms. The number of carbonyl (C=O) groups excluding carboxylic acids is 2. The van der Waals surface area contributed by atoms with E-state index in [1.807, 2.05) is 6.07 Å². The molecule has 7 nitrogen and oxygen atoms in total. The first-order valence-electron chi connectivity index (χ1n) is 13.1. The van der Waals surface area contributed by atoms with Crippen molar-refractivity contribution in [2.75, 3.05) is 26.2 Å². The van der Waals surface area contributed by atoms with Crippen molar-refractivity contribution in [3.8, 4) is 0 Å².